The van der Waals surface area contributed by atoms with E-state index >= 15 is 0 Å². The molecule has 8 heteroatoms. The van der Waals surface area contributed by atoms with E-state index in [1.54, 1.807) is 31.2 Å². The molecule has 0 radical (unpaired) electrons. The lowest BCUT2D eigenvalue weighted by atomic mass is 10.0. The average molecular weight is 514 g/mol. The summed E-state index contributed by atoms with van der Waals surface area (Å²) in [6.45, 7) is 2.09. The van der Waals surface area contributed by atoms with Crippen LogP contribution >= 0.6 is 11.3 Å². The summed E-state index contributed by atoms with van der Waals surface area (Å²) in [5.74, 6) is -0.328. The van der Waals surface area contributed by atoms with Crippen LogP contribution < -0.4 is 9.62 Å². The topological polar surface area (TPSA) is 79.4 Å². The molecule has 6 rings (SSSR count). The van der Waals surface area contributed by atoms with Crippen LogP contribution in [0.3, 0.4) is 0 Å². The van der Waals surface area contributed by atoms with E-state index in [0.29, 0.717) is 22.9 Å². The van der Waals surface area contributed by atoms with Crippen LogP contribution in [-0.4, -0.2) is 25.9 Å². The molecular formula is C28H23N3O3S2. The van der Waals surface area contributed by atoms with Gasteiger partial charge in [0.2, 0.25) is 0 Å². The number of nitrogens with one attached hydrogen (secondary N) is 1. The Morgan fingerprint density at radius 3 is 2.47 bits per heavy atom. The van der Waals surface area contributed by atoms with Crippen LogP contribution in [0.2, 0.25) is 0 Å². The maximum Gasteiger partial charge on any atom is 0.264 e. The number of rotatable bonds is 6. The minimum absolute atomic E-state index is 0.133. The molecule has 6 nitrogen and oxygen atoms in total. The highest BCUT2D eigenvalue weighted by Crippen LogP contribution is 2.39. The molecule has 1 amide bonds. The van der Waals surface area contributed by atoms with Gasteiger partial charge >= 0.3 is 0 Å². The highest BCUT2D eigenvalue weighted by atomic mass is 32.2. The SMILES string of the molecule is CCN(c1ccccc1)S(=O)(=O)c1ccc(C(=O)Nc2nc3c(cc4c5c(cccc53)CC4)s2)cc1. The van der Waals surface area contributed by atoms with Gasteiger partial charge in [-0.3, -0.25) is 14.4 Å². The van der Waals surface area contributed by atoms with E-state index in [2.05, 4.69) is 29.6 Å². The Labute approximate surface area is 213 Å². The predicted octanol–water partition coefficient (Wildman–Crippen LogP) is 6.02. The molecule has 1 aliphatic rings. The van der Waals surface area contributed by atoms with E-state index in [-0.39, 0.29) is 10.8 Å². The van der Waals surface area contributed by atoms with Crippen molar-refractivity contribution in [1.29, 1.82) is 0 Å². The minimum atomic E-state index is -3.75. The molecule has 0 bridgehead atoms. The number of amides is 1. The molecule has 36 heavy (non-hydrogen) atoms. The van der Waals surface area contributed by atoms with Crippen LogP contribution in [0.4, 0.5) is 10.8 Å². The number of carbonyl (C=O) groups excluding carboxylic acids is 1. The van der Waals surface area contributed by atoms with E-state index in [1.165, 1.54) is 56.4 Å². The van der Waals surface area contributed by atoms with Crippen LogP contribution in [-0.2, 0) is 22.9 Å². The van der Waals surface area contributed by atoms with Crippen LogP contribution in [0.5, 0.6) is 0 Å². The third-order valence-corrected chi connectivity index (χ3v) is 9.44. The molecule has 5 aromatic rings. The first kappa shape index (κ1) is 22.7. The van der Waals surface area contributed by atoms with Gasteiger partial charge in [-0.25, -0.2) is 13.4 Å². The van der Waals surface area contributed by atoms with E-state index < -0.39 is 10.0 Å². The Kier molecular flexibility index (Phi) is 5.50. The predicted molar refractivity (Wildman–Crippen MR) is 146 cm³/mol. The van der Waals surface area contributed by atoms with Crippen molar-refractivity contribution in [2.75, 3.05) is 16.2 Å². The van der Waals surface area contributed by atoms with E-state index in [1.807, 2.05) is 6.07 Å². The van der Waals surface area contributed by atoms with Crippen LogP contribution in [0.15, 0.2) is 83.8 Å². The molecule has 0 unspecified atom stereocenters. The second-order valence-electron chi connectivity index (χ2n) is 8.72. The number of benzene rings is 4. The normalized spacial score (nSPS) is 12.8. The summed E-state index contributed by atoms with van der Waals surface area (Å²) in [7, 11) is -3.75. The number of hydrogen-bond acceptors (Lipinski definition) is 5. The molecule has 4 aromatic carbocycles. The third kappa shape index (κ3) is 3.73. The summed E-state index contributed by atoms with van der Waals surface area (Å²) in [6, 6.07) is 23.5. The van der Waals surface area contributed by atoms with Crippen molar-refractivity contribution in [2.45, 2.75) is 24.7 Å². The molecular weight excluding hydrogens is 490 g/mol. The Bertz CT molecular complexity index is 1730. The lowest BCUT2D eigenvalue weighted by Crippen LogP contribution is -2.30. The Morgan fingerprint density at radius 1 is 0.972 bits per heavy atom. The van der Waals surface area contributed by atoms with Gasteiger partial charge in [-0.2, -0.15) is 0 Å². The Balaban J connectivity index is 1.26. The molecule has 1 heterocycles. The van der Waals surface area contributed by atoms with Gasteiger partial charge in [-0.1, -0.05) is 47.7 Å². The standard InChI is InChI=1S/C28H23N3O3S2/c1-2-31(21-8-4-3-5-9-21)36(33,34)22-15-13-19(14-16-22)27(32)30-28-29-26-23-10-6-7-18-11-12-20(25(18)23)17-24(26)35-28/h3-10,13-17H,2,11-12H2,1H3,(H,29,30,32). The number of fused-ring (bicyclic) bond motifs is 2. The number of anilines is 2. The molecule has 0 atom stereocenters. The van der Waals surface area contributed by atoms with Crippen molar-refractivity contribution < 1.29 is 13.2 Å². The summed E-state index contributed by atoms with van der Waals surface area (Å²) >= 11 is 1.45. The van der Waals surface area contributed by atoms with E-state index in [0.717, 1.165) is 28.4 Å². The monoisotopic (exact) mass is 513 g/mol. The van der Waals surface area contributed by atoms with Crippen LogP contribution in [0.25, 0.3) is 21.0 Å². The number of nitrogens with zero attached hydrogens (tertiary/aromatic N) is 2. The second-order valence-corrected chi connectivity index (χ2v) is 11.6. The lowest BCUT2D eigenvalue weighted by Gasteiger charge is -2.22. The van der Waals surface area contributed by atoms with Gasteiger partial charge in [0, 0.05) is 17.5 Å². The molecule has 0 saturated carbocycles. The summed E-state index contributed by atoms with van der Waals surface area (Å²) in [5.41, 5.74) is 4.56. The third-order valence-electron chi connectivity index (χ3n) is 6.61. The van der Waals surface area contributed by atoms with Crippen LogP contribution in [0, 0.1) is 0 Å². The number of aryl methyl sites for hydroxylation is 2. The lowest BCUT2D eigenvalue weighted by molar-refractivity contribution is 0.102. The molecule has 1 aromatic heterocycles. The zero-order valence-corrected chi connectivity index (χ0v) is 21.2. The summed E-state index contributed by atoms with van der Waals surface area (Å²) in [4.78, 5) is 17.8. The van der Waals surface area contributed by atoms with Crippen molar-refractivity contribution in [3.63, 3.8) is 0 Å². The quantitative estimate of drug-likeness (QED) is 0.301. The Hall–Kier alpha value is -3.75. The van der Waals surface area contributed by atoms with Crippen molar-refractivity contribution in [1.82, 2.24) is 4.98 Å². The van der Waals surface area contributed by atoms with Crippen molar-refractivity contribution in [3.05, 3.63) is 95.6 Å². The molecule has 0 saturated heterocycles. The summed E-state index contributed by atoms with van der Waals surface area (Å²) in [6.07, 6.45) is 2.08. The molecule has 0 fully saturated rings. The van der Waals surface area contributed by atoms with Crippen LogP contribution in [0.1, 0.15) is 28.4 Å². The molecule has 1 N–H and O–H groups in total. The molecule has 0 aliphatic heterocycles. The largest absolute Gasteiger partial charge is 0.298 e. The first-order valence-corrected chi connectivity index (χ1v) is 14.0. The zero-order valence-electron chi connectivity index (χ0n) is 19.6. The number of carbonyl (C=O) groups is 1. The zero-order chi connectivity index (χ0) is 24.9. The fraction of sp³-hybridized carbons (Fsp3) is 0.143. The van der Waals surface area contributed by atoms with Gasteiger partial charge in [-0.15, -0.1) is 0 Å². The average Bonchev–Trinajstić information content (AvgIpc) is 3.50. The maximum atomic E-state index is 13.2. The number of thiazole rings is 1. The smallest absolute Gasteiger partial charge is 0.264 e. The van der Waals surface area contributed by atoms with Gasteiger partial charge in [0.05, 0.1) is 20.8 Å². The first-order valence-electron chi connectivity index (χ1n) is 11.8. The number of aromatic nitrogens is 1. The molecule has 180 valence electrons. The van der Waals surface area contributed by atoms with E-state index in [4.69, 9.17) is 4.98 Å². The second kappa shape index (κ2) is 8.72. The van der Waals surface area contributed by atoms with Gasteiger partial charge in [0.1, 0.15) is 0 Å². The maximum absolute atomic E-state index is 13.2. The van der Waals surface area contributed by atoms with Crippen molar-refractivity contribution in [3.8, 4) is 0 Å². The molecule has 1 aliphatic carbocycles. The number of hydrogen-bond donors (Lipinski definition) is 1. The van der Waals surface area contributed by atoms with Gasteiger partial charge < -0.3 is 0 Å². The number of para-hydroxylation sites is 1. The summed E-state index contributed by atoms with van der Waals surface area (Å²) in [5, 5.41) is 5.84. The fourth-order valence-corrected chi connectivity index (χ4v) is 7.33. The minimum Gasteiger partial charge on any atom is -0.298 e. The van der Waals surface area contributed by atoms with Crippen molar-refractivity contribution >= 4 is 59.1 Å². The van der Waals surface area contributed by atoms with Gasteiger partial charge in [0.15, 0.2) is 5.13 Å². The van der Waals surface area contributed by atoms with Gasteiger partial charge in [-0.05, 0) is 78.7 Å². The summed E-state index contributed by atoms with van der Waals surface area (Å²) < 4.78 is 28.8. The Morgan fingerprint density at radius 2 is 1.72 bits per heavy atom. The highest BCUT2D eigenvalue weighted by Gasteiger charge is 2.24. The first-order chi connectivity index (χ1) is 17.5. The van der Waals surface area contributed by atoms with Crippen molar-refractivity contribution in [2.24, 2.45) is 0 Å². The van der Waals surface area contributed by atoms with E-state index in [9.17, 15) is 13.2 Å². The highest BCUT2D eigenvalue weighted by molar-refractivity contribution is 7.92. The molecule has 0 spiro atoms. The number of sulfonamides is 1. The fourth-order valence-electron chi connectivity index (χ4n) is 4.92. The van der Waals surface area contributed by atoms with Gasteiger partial charge in [0.25, 0.3) is 15.9 Å².